The topological polar surface area (TPSA) is 62.5 Å². The molecule has 6 rings (SSSR count). The second kappa shape index (κ2) is 8.42. The highest BCUT2D eigenvalue weighted by atomic mass is 19.3. The lowest BCUT2D eigenvalue weighted by atomic mass is 9.48. The molecule has 0 amide bonds. The van der Waals surface area contributed by atoms with Gasteiger partial charge in [-0.3, -0.25) is 0 Å². The Morgan fingerprint density at radius 3 is 2.43 bits per heavy atom. The number of halogens is 2. The van der Waals surface area contributed by atoms with Gasteiger partial charge < -0.3 is 14.6 Å². The number of phenolic OH excluding ortho intramolecular Hbond substituents is 1. The lowest BCUT2D eigenvalue weighted by Crippen LogP contribution is -2.54. The molecule has 4 fully saturated rings. The highest BCUT2D eigenvalue weighted by Crippen LogP contribution is 2.70. The number of rotatable bonds is 2. The summed E-state index contributed by atoms with van der Waals surface area (Å²) in [5.41, 5.74) is 0.845. The molecule has 3 unspecified atom stereocenters. The van der Waals surface area contributed by atoms with E-state index in [1.54, 1.807) is 13.0 Å². The molecular weight excluding hydrogens is 448 g/mol. The van der Waals surface area contributed by atoms with Gasteiger partial charge in [0.05, 0.1) is 23.7 Å². The maximum absolute atomic E-state index is 16.1. The van der Waals surface area contributed by atoms with E-state index in [1.165, 1.54) is 0 Å². The molecule has 0 aromatic heterocycles. The monoisotopic (exact) mass is 485 g/mol. The SMILES string of the molecule is C[C@]12CCC3(C#N)c4cc(O)c(C5CCCCO5)cc4CC[C@H]3[C@@H]1C[C@H](C1CCCCO1)C2(F)F. The molecule has 190 valence electrons. The third kappa shape index (κ3) is 3.33. The van der Waals surface area contributed by atoms with Crippen molar-refractivity contribution in [3.05, 3.63) is 28.8 Å². The molecule has 0 spiro atoms. The van der Waals surface area contributed by atoms with Gasteiger partial charge >= 0.3 is 0 Å². The largest absolute Gasteiger partial charge is 0.508 e. The molecule has 2 saturated heterocycles. The number of benzene rings is 1. The van der Waals surface area contributed by atoms with Crippen molar-refractivity contribution in [3.8, 4) is 11.8 Å². The van der Waals surface area contributed by atoms with Gasteiger partial charge in [0.2, 0.25) is 0 Å². The number of hydrogen-bond acceptors (Lipinski definition) is 4. The fourth-order valence-corrected chi connectivity index (χ4v) is 8.58. The van der Waals surface area contributed by atoms with Gasteiger partial charge in [-0.15, -0.1) is 0 Å². The predicted molar refractivity (Wildman–Crippen MR) is 127 cm³/mol. The molecule has 7 atom stereocenters. The third-order valence-electron chi connectivity index (χ3n) is 10.6. The van der Waals surface area contributed by atoms with Crippen molar-refractivity contribution in [2.24, 2.45) is 23.2 Å². The molecule has 1 aromatic rings. The standard InChI is InChI=1S/C29H37F2NO3/c1-27-10-11-28(17-32)20(22(27)15-23(29(27,30)31)26-7-3-5-13-35-26)9-8-18-14-19(24(33)16-21(18)28)25-6-2-4-12-34-25/h14,16,20,22-23,25-26,33H,2-13,15H2,1H3/t20-,22-,23+,25?,26?,27-,28?/m0/s1. The van der Waals surface area contributed by atoms with Crippen LogP contribution in [0, 0.1) is 34.5 Å². The maximum Gasteiger partial charge on any atom is 0.258 e. The quantitative estimate of drug-likeness (QED) is 0.513. The van der Waals surface area contributed by atoms with E-state index in [0.717, 1.165) is 61.6 Å². The highest BCUT2D eigenvalue weighted by molar-refractivity contribution is 5.52. The first-order valence-electron chi connectivity index (χ1n) is 13.7. The first-order valence-corrected chi connectivity index (χ1v) is 13.7. The van der Waals surface area contributed by atoms with Crippen LogP contribution in [0.5, 0.6) is 5.75 Å². The summed E-state index contributed by atoms with van der Waals surface area (Å²) in [5.74, 6) is -3.74. The van der Waals surface area contributed by atoms with E-state index in [0.29, 0.717) is 38.9 Å². The lowest BCUT2D eigenvalue weighted by Gasteiger charge is -2.54. The number of ether oxygens (including phenoxy) is 2. The van der Waals surface area contributed by atoms with Gasteiger partial charge in [0.1, 0.15) is 5.75 Å². The first kappa shape index (κ1) is 23.7. The summed E-state index contributed by atoms with van der Waals surface area (Å²) in [6, 6.07) is 6.47. The van der Waals surface area contributed by atoms with Gasteiger partial charge in [-0.1, -0.05) is 6.92 Å². The van der Waals surface area contributed by atoms with Crippen molar-refractivity contribution in [2.45, 2.75) is 101 Å². The van der Waals surface area contributed by atoms with Crippen LogP contribution in [0.4, 0.5) is 8.78 Å². The second-order valence-corrected chi connectivity index (χ2v) is 12.0. The number of nitrogens with zero attached hydrogens (tertiary/aromatic N) is 1. The van der Waals surface area contributed by atoms with Crippen LogP contribution in [0.25, 0.3) is 0 Å². The molecule has 6 heteroatoms. The summed E-state index contributed by atoms with van der Waals surface area (Å²) in [4.78, 5) is 0. The molecule has 5 aliphatic rings. The van der Waals surface area contributed by atoms with E-state index in [4.69, 9.17) is 9.47 Å². The number of alkyl halides is 2. The zero-order valence-electron chi connectivity index (χ0n) is 20.7. The Kier molecular flexibility index (Phi) is 5.69. The molecule has 2 saturated carbocycles. The molecule has 35 heavy (non-hydrogen) atoms. The molecule has 1 N–H and O–H groups in total. The Bertz CT molecular complexity index is 1030. The van der Waals surface area contributed by atoms with Gasteiger partial charge in [0.15, 0.2) is 0 Å². The molecule has 0 bridgehead atoms. The summed E-state index contributed by atoms with van der Waals surface area (Å²) >= 11 is 0. The number of aromatic hydroxyl groups is 1. The van der Waals surface area contributed by atoms with Crippen LogP contribution in [-0.2, 0) is 21.3 Å². The first-order chi connectivity index (χ1) is 16.8. The van der Waals surface area contributed by atoms with Crippen LogP contribution in [0.3, 0.4) is 0 Å². The summed E-state index contributed by atoms with van der Waals surface area (Å²) in [6.07, 6.45) is 7.79. The van der Waals surface area contributed by atoms with Crippen molar-refractivity contribution < 1.29 is 23.4 Å². The average molecular weight is 486 g/mol. The summed E-state index contributed by atoms with van der Waals surface area (Å²) in [6.45, 7) is 3.05. The Morgan fingerprint density at radius 2 is 1.74 bits per heavy atom. The zero-order valence-corrected chi connectivity index (χ0v) is 20.7. The van der Waals surface area contributed by atoms with Crippen LogP contribution >= 0.6 is 0 Å². The summed E-state index contributed by atoms with van der Waals surface area (Å²) < 4.78 is 44.0. The van der Waals surface area contributed by atoms with Crippen molar-refractivity contribution in [1.82, 2.24) is 0 Å². The second-order valence-electron chi connectivity index (χ2n) is 12.0. The molecule has 0 radical (unpaired) electrons. The molecule has 4 nitrogen and oxygen atoms in total. The van der Waals surface area contributed by atoms with E-state index >= 15 is 8.78 Å². The fraction of sp³-hybridized carbons (Fsp3) is 0.759. The van der Waals surface area contributed by atoms with E-state index in [1.807, 2.05) is 6.07 Å². The van der Waals surface area contributed by atoms with Gasteiger partial charge in [-0.2, -0.15) is 5.26 Å². The minimum atomic E-state index is -2.80. The van der Waals surface area contributed by atoms with Crippen molar-refractivity contribution >= 4 is 0 Å². The number of aryl methyl sites for hydroxylation is 1. The molecule has 2 aliphatic heterocycles. The van der Waals surface area contributed by atoms with Crippen molar-refractivity contribution in [2.75, 3.05) is 13.2 Å². The van der Waals surface area contributed by atoms with Gasteiger partial charge in [-0.25, -0.2) is 8.78 Å². The van der Waals surface area contributed by atoms with E-state index in [2.05, 4.69) is 6.07 Å². The molecule has 3 aliphatic carbocycles. The third-order valence-corrected chi connectivity index (χ3v) is 10.6. The highest BCUT2D eigenvalue weighted by Gasteiger charge is 2.72. The van der Waals surface area contributed by atoms with Gasteiger partial charge in [0.25, 0.3) is 5.92 Å². The lowest BCUT2D eigenvalue weighted by molar-refractivity contribution is -0.184. The van der Waals surface area contributed by atoms with Crippen LogP contribution in [0.2, 0.25) is 0 Å². The average Bonchev–Trinajstić information content (AvgIpc) is 3.10. The van der Waals surface area contributed by atoms with Gasteiger partial charge in [-0.05, 0) is 106 Å². The Hall–Kier alpha value is -1.71. The van der Waals surface area contributed by atoms with E-state index in [9.17, 15) is 10.4 Å². The Morgan fingerprint density at radius 1 is 0.971 bits per heavy atom. The van der Waals surface area contributed by atoms with Crippen molar-refractivity contribution in [1.29, 1.82) is 5.26 Å². The van der Waals surface area contributed by atoms with Crippen molar-refractivity contribution in [3.63, 3.8) is 0 Å². The number of phenols is 1. The smallest absolute Gasteiger partial charge is 0.258 e. The molecule has 2 heterocycles. The normalized spacial score (nSPS) is 42.4. The Labute approximate surface area is 207 Å². The van der Waals surface area contributed by atoms with Gasteiger partial charge in [0, 0.05) is 30.1 Å². The number of nitriles is 1. The summed E-state index contributed by atoms with van der Waals surface area (Å²) in [5, 5.41) is 21.6. The van der Waals surface area contributed by atoms with Crippen LogP contribution in [0.15, 0.2) is 12.1 Å². The van der Waals surface area contributed by atoms with E-state index in [-0.39, 0.29) is 29.8 Å². The van der Waals surface area contributed by atoms with Crippen LogP contribution in [-0.4, -0.2) is 30.3 Å². The van der Waals surface area contributed by atoms with Crippen LogP contribution in [0.1, 0.15) is 93.9 Å². The number of hydrogen-bond donors (Lipinski definition) is 1. The van der Waals surface area contributed by atoms with Crippen LogP contribution < -0.4 is 0 Å². The minimum absolute atomic E-state index is 0.107. The fourth-order valence-electron chi connectivity index (χ4n) is 8.58. The zero-order chi connectivity index (χ0) is 24.4. The minimum Gasteiger partial charge on any atom is -0.508 e. The predicted octanol–water partition coefficient (Wildman–Crippen LogP) is 6.60. The van der Waals surface area contributed by atoms with E-state index < -0.39 is 22.7 Å². The molecular formula is C29H37F2NO3. The Balaban J connectivity index is 1.37. The summed E-state index contributed by atoms with van der Waals surface area (Å²) in [7, 11) is 0. The number of fused-ring (bicyclic) bond motifs is 5. The molecule has 1 aromatic carbocycles. The maximum atomic E-state index is 16.1.